The van der Waals surface area contributed by atoms with Gasteiger partial charge in [0.2, 0.25) is 0 Å². The maximum absolute atomic E-state index is 12.4. The van der Waals surface area contributed by atoms with Crippen molar-refractivity contribution in [1.29, 1.82) is 0 Å². The molecular weight excluding hydrogens is 260 g/mol. The Hall–Kier alpha value is -0.730. The molecule has 5 aliphatic carbocycles. The second-order valence-corrected chi connectivity index (χ2v) is 8.44. The van der Waals surface area contributed by atoms with Crippen LogP contribution in [0.2, 0.25) is 0 Å². The van der Waals surface area contributed by atoms with E-state index in [0.717, 1.165) is 30.1 Å². The summed E-state index contributed by atoms with van der Waals surface area (Å²) < 4.78 is 0. The molecule has 3 nitrogen and oxygen atoms in total. The van der Waals surface area contributed by atoms with Gasteiger partial charge in [-0.05, 0) is 74.5 Å². The smallest absolute Gasteiger partial charge is 0.315 e. The fourth-order valence-electron chi connectivity index (χ4n) is 6.05. The third kappa shape index (κ3) is 2.68. The van der Waals surface area contributed by atoms with Gasteiger partial charge in [-0.1, -0.05) is 19.8 Å². The molecule has 0 heterocycles. The van der Waals surface area contributed by atoms with Crippen molar-refractivity contribution >= 4 is 6.03 Å². The predicted octanol–water partition coefficient (Wildman–Crippen LogP) is 3.69. The van der Waals surface area contributed by atoms with E-state index in [2.05, 4.69) is 17.6 Å². The summed E-state index contributed by atoms with van der Waals surface area (Å²) in [6.45, 7) is 2.28. The number of hydrogen-bond acceptors (Lipinski definition) is 1. The number of amides is 2. The highest BCUT2D eigenvalue weighted by atomic mass is 16.2. The molecular formula is C18H30N2O. The molecule has 21 heavy (non-hydrogen) atoms. The Labute approximate surface area is 128 Å². The van der Waals surface area contributed by atoms with E-state index in [-0.39, 0.29) is 6.03 Å². The average molecular weight is 290 g/mol. The van der Waals surface area contributed by atoms with Crippen LogP contribution in [0.1, 0.15) is 64.7 Å². The van der Waals surface area contributed by atoms with E-state index in [1.54, 1.807) is 0 Å². The summed E-state index contributed by atoms with van der Waals surface area (Å²) in [6, 6.07) is 0.985. The van der Waals surface area contributed by atoms with Gasteiger partial charge in [0.15, 0.2) is 0 Å². The van der Waals surface area contributed by atoms with E-state index < -0.39 is 0 Å². The first-order valence-corrected chi connectivity index (χ1v) is 9.26. The second-order valence-electron chi connectivity index (χ2n) is 8.44. The van der Waals surface area contributed by atoms with Gasteiger partial charge < -0.3 is 10.6 Å². The molecule has 5 aliphatic rings. The van der Waals surface area contributed by atoms with E-state index in [4.69, 9.17) is 0 Å². The zero-order valence-corrected chi connectivity index (χ0v) is 13.3. The van der Waals surface area contributed by atoms with Crippen LogP contribution in [-0.4, -0.2) is 18.1 Å². The van der Waals surface area contributed by atoms with Crippen molar-refractivity contribution in [3.63, 3.8) is 0 Å². The van der Waals surface area contributed by atoms with Crippen molar-refractivity contribution in [3.8, 4) is 0 Å². The number of carbonyl (C=O) groups excluding carboxylic acids is 1. The van der Waals surface area contributed by atoms with Crippen LogP contribution < -0.4 is 10.6 Å². The maximum Gasteiger partial charge on any atom is 0.315 e. The fourth-order valence-corrected chi connectivity index (χ4v) is 6.05. The zero-order chi connectivity index (χ0) is 14.4. The van der Waals surface area contributed by atoms with Crippen LogP contribution in [0.4, 0.5) is 4.79 Å². The van der Waals surface area contributed by atoms with Gasteiger partial charge >= 0.3 is 6.03 Å². The zero-order valence-electron chi connectivity index (χ0n) is 13.3. The predicted molar refractivity (Wildman–Crippen MR) is 83.9 cm³/mol. The van der Waals surface area contributed by atoms with E-state index in [1.807, 2.05) is 0 Å². The lowest BCUT2D eigenvalue weighted by Crippen LogP contribution is -2.58. The topological polar surface area (TPSA) is 41.1 Å². The summed E-state index contributed by atoms with van der Waals surface area (Å²) in [5.41, 5.74) is 0. The molecule has 118 valence electrons. The van der Waals surface area contributed by atoms with E-state index >= 15 is 0 Å². The van der Waals surface area contributed by atoms with Crippen molar-refractivity contribution in [1.82, 2.24) is 10.6 Å². The molecule has 0 aromatic rings. The van der Waals surface area contributed by atoms with Crippen molar-refractivity contribution < 1.29 is 4.79 Å². The maximum atomic E-state index is 12.4. The molecule has 2 N–H and O–H groups in total. The minimum Gasteiger partial charge on any atom is -0.335 e. The van der Waals surface area contributed by atoms with Crippen LogP contribution in [0, 0.1) is 29.6 Å². The Balaban J connectivity index is 1.34. The highest BCUT2D eigenvalue weighted by Crippen LogP contribution is 2.53. The van der Waals surface area contributed by atoms with Gasteiger partial charge in [0.25, 0.3) is 0 Å². The molecule has 0 aliphatic heterocycles. The van der Waals surface area contributed by atoms with Gasteiger partial charge in [0.1, 0.15) is 0 Å². The van der Waals surface area contributed by atoms with Crippen LogP contribution in [0.3, 0.4) is 0 Å². The molecule has 0 aromatic carbocycles. The molecule has 5 rings (SSSR count). The number of urea groups is 1. The van der Waals surface area contributed by atoms with Crippen LogP contribution in [0.25, 0.3) is 0 Å². The molecule has 4 bridgehead atoms. The fraction of sp³-hybridized carbons (Fsp3) is 0.944. The average Bonchev–Trinajstić information content (AvgIpc) is 2.44. The lowest BCUT2D eigenvalue weighted by Gasteiger charge is -2.54. The van der Waals surface area contributed by atoms with Crippen LogP contribution in [-0.2, 0) is 0 Å². The molecule has 3 heteroatoms. The third-order valence-electron chi connectivity index (χ3n) is 6.95. The normalized spacial score (nSPS) is 48.1. The Bertz CT molecular complexity index is 380. The largest absolute Gasteiger partial charge is 0.335 e. The SMILES string of the molecule is CC1CCCCC1NC(=O)NC1C2CC3CC(C2)CC1C3. The molecule has 0 saturated heterocycles. The van der Waals surface area contributed by atoms with Crippen molar-refractivity contribution in [2.24, 2.45) is 29.6 Å². The number of carbonyl (C=O) groups is 1. The van der Waals surface area contributed by atoms with Gasteiger partial charge in [0.05, 0.1) is 0 Å². The molecule has 0 aromatic heterocycles. The molecule has 5 saturated carbocycles. The molecule has 0 spiro atoms. The third-order valence-corrected chi connectivity index (χ3v) is 6.95. The summed E-state index contributed by atoms with van der Waals surface area (Å²) in [4.78, 5) is 12.4. The highest BCUT2D eigenvalue weighted by molar-refractivity contribution is 5.74. The summed E-state index contributed by atoms with van der Waals surface area (Å²) in [5, 5.41) is 6.66. The van der Waals surface area contributed by atoms with Crippen LogP contribution >= 0.6 is 0 Å². The quantitative estimate of drug-likeness (QED) is 0.800. The van der Waals surface area contributed by atoms with Gasteiger partial charge in [-0.15, -0.1) is 0 Å². The molecule has 2 amide bonds. The molecule has 5 fully saturated rings. The minimum absolute atomic E-state index is 0.117. The van der Waals surface area contributed by atoms with Crippen molar-refractivity contribution in [3.05, 3.63) is 0 Å². The second kappa shape index (κ2) is 5.48. The standard InChI is InChI=1S/C18H30N2O/c1-11-4-2-3-5-16(11)19-18(21)20-17-14-7-12-6-13(9-14)10-15(17)8-12/h11-17H,2-10H2,1H3,(H2,19,20,21). The van der Waals surface area contributed by atoms with Crippen molar-refractivity contribution in [2.45, 2.75) is 76.8 Å². The minimum atomic E-state index is 0.117. The molecule has 2 atom stereocenters. The lowest BCUT2D eigenvalue weighted by atomic mass is 9.54. The lowest BCUT2D eigenvalue weighted by molar-refractivity contribution is -0.00964. The number of hydrogen-bond donors (Lipinski definition) is 2. The van der Waals surface area contributed by atoms with E-state index in [1.165, 1.54) is 51.4 Å². The van der Waals surface area contributed by atoms with Crippen molar-refractivity contribution in [2.75, 3.05) is 0 Å². The Kier molecular flexibility index (Phi) is 3.63. The first kappa shape index (κ1) is 13.9. The molecule has 2 unspecified atom stereocenters. The van der Waals surface area contributed by atoms with E-state index in [9.17, 15) is 4.79 Å². The Morgan fingerprint density at radius 1 is 0.857 bits per heavy atom. The Morgan fingerprint density at radius 2 is 1.48 bits per heavy atom. The monoisotopic (exact) mass is 290 g/mol. The van der Waals surface area contributed by atoms with E-state index in [0.29, 0.717) is 18.0 Å². The highest BCUT2D eigenvalue weighted by Gasteiger charge is 2.48. The number of nitrogens with one attached hydrogen (secondary N) is 2. The summed E-state index contributed by atoms with van der Waals surface area (Å²) in [6.07, 6.45) is 12.0. The summed E-state index contributed by atoms with van der Waals surface area (Å²) in [5.74, 6) is 4.15. The van der Waals surface area contributed by atoms with Crippen LogP contribution in [0.5, 0.6) is 0 Å². The first-order valence-electron chi connectivity index (χ1n) is 9.26. The molecule has 0 radical (unpaired) electrons. The van der Waals surface area contributed by atoms with Gasteiger partial charge in [-0.25, -0.2) is 4.79 Å². The van der Waals surface area contributed by atoms with Gasteiger partial charge in [-0.2, -0.15) is 0 Å². The summed E-state index contributed by atoms with van der Waals surface area (Å²) >= 11 is 0. The van der Waals surface area contributed by atoms with Gasteiger partial charge in [0, 0.05) is 12.1 Å². The van der Waals surface area contributed by atoms with Gasteiger partial charge in [-0.3, -0.25) is 0 Å². The van der Waals surface area contributed by atoms with Crippen LogP contribution in [0.15, 0.2) is 0 Å². The summed E-state index contributed by atoms with van der Waals surface area (Å²) in [7, 11) is 0. The first-order chi connectivity index (χ1) is 10.2. The Morgan fingerprint density at radius 3 is 2.10 bits per heavy atom. The number of rotatable bonds is 2.